The van der Waals surface area contributed by atoms with Gasteiger partial charge in [-0.15, -0.1) is 0 Å². The molecule has 0 heterocycles. The third-order valence-corrected chi connectivity index (χ3v) is 4.32. The van der Waals surface area contributed by atoms with Crippen molar-refractivity contribution in [3.05, 3.63) is 71.4 Å². The zero-order valence-electron chi connectivity index (χ0n) is 13.9. The van der Waals surface area contributed by atoms with Gasteiger partial charge >= 0.3 is 0 Å². The van der Waals surface area contributed by atoms with Crippen molar-refractivity contribution < 1.29 is 17.8 Å². The Morgan fingerprint density at radius 3 is 2.31 bits per heavy atom. The second kappa shape index (κ2) is 8.29. The summed E-state index contributed by atoms with van der Waals surface area (Å²) in [4.78, 5) is 11.8. The Labute approximate surface area is 151 Å². The summed E-state index contributed by atoms with van der Waals surface area (Å²) in [5.41, 5.74) is 2.31. The van der Waals surface area contributed by atoms with Crippen LogP contribution in [0.25, 0.3) is 0 Å². The molecule has 0 aliphatic rings. The van der Waals surface area contributed by atoms with Crippen LogP contribution >= 0.6 is 0 Å². The number of aryl methyl sites for hydroxylation is 1. The van der Waals surface area contributed by atoms with E-state index in [2.05, 4.69) is 10.6 Å². The quantitative estimate of drug-likeness (QED) is 0.407. The molecular formula is C18H17N3O4S. The van der Waals surface area contributed by atoms with E-state index in [9.17, 15) is 13.2 Å². The van der Waals surface area contributed by atoms with Gasteiger partial charge in [0.05, 0.1) is 4.90 Å². The Balaban J connectivity index is 1.99. The zero-order valence-corrected chi connectivity index (χ0v) is 14.7. The molecule has 7 nitrogen and oxygen atoms in total. The van der Waals surface area contributed by atoms with E-state index >= 15 is 0 Å². The summed E-state index contributed by atoms with van der Waals surface area (Å²) in [6, 6.07) is 14.6. The lowest BCUT2D eigenvalue weighted by molar-refractivity contribution is -0.112. The summed E-state index contributed by atoms with van der Waals surface area (Å²) in [6.45, 7) is 2.44. The average Bonchev–Trinajstić information content (AvgIpc) is 2.60. The number of nitrogens with one attached hydrogen (secondary N) is 2. The summed E-state index contributed by atoms with van der Waals surface area (Å²) < 4.78 is 30.9. The minimum atomic E-state index is -4.30. The van der Waals surface area contributed by atoms with Gasteiger partial charge < -0.3 is 10.6 Å². The number of rotatable bonds is 6. The van der Waals surface area contributed by atoms with E-state index < -0.39 is 16.0 Å². The largest absolute Gasteiger partial charge is 0.386 e. The fourth-order valence-electron chi connectivity index (χ4n) is 2.03. The van der Waals surface area contributed by atoms with Gasteiger partial charge in [0.15, 0.2) is 0 Å². The molecular weight excluding hydrogens is 354 g/mol. The molecule has 0 atom stereocenters. The molecule has 0 aromatic heterocycles. The van der Waals surface area contributed by atoms with E-state index in [1.807, 2.05) is 31.2 Å². The number of hydrogen-bond acceptors (Lipinski definition) is 5. The van der Waals surface area contributed by atoms with Crippen LogP contribution in [0.4, 0.5) is 5.69 Å². The number of amides is 1. The number of anilines is 1. The Morgan fingerprint density at radius 2 is 1.77 bits per heavy atom. The molecule has 0 spiro atoms. The van der Waals surface area contributed by atoms with Crippen LogP contribution in [0.1, 0.15) is 11.1 Å². The van der Waals surface area contributed by atoms with Crippen LogP contribution in [0.3, 0.4) is 0 Å². The normalized spacial score (nSPS) is 11.5. The molecule has 3 N–H and O–H groups in total. The molecule has 0 saturated carbocycles. The summed E-state index contributed by atoms with van der Waals surface area (Å²) in [6.07, 6.45) is 1.32. The van der Waals surface area contributed by atoms with Crippen molar-refractivity contribution in [2.45, 2.75) is 18.4 Å². The van der Waals surface area contributed by atoms with E-state index in [4.69, 9.17) is 9.81 Å². The van der Waals surface area contributed by atoms with Crippen LogP contribution < -0.4 is 10.6 Å². The monoisotopic (exact) mass is 371 g/mol. The van der Waals surface area contributed by atoms with Crippen LogP contribution in [0.2, 0.25) is 0 Å². The Kier molecular flexibility index (Phi) is 6.11. The lowest BCUT2D eigenvalue weighted by Crippen LogP contribution is -2.16. The molecule has 2 aromatic rings. The van der Waals surface area contributed by atoms with Crippen molar-refractivity contribution >= 4 is 21.7 Å². The van der Waals surface area contributed by atoms with Crippen molar-refractivity contribution in [3.63, 3.8) is 0 Å². The predicted octanol–water partition coefficient (Wildman–Crippen LogP) is 2.38. The number of benzene rings is 2. The van der Waals surface area contributed by atoms with Gasteiger partial charge in [0.1, 0.15) is 11.6 Å². The smallest absolute Gasteiger partial charge is 0.294 e. The molecule has 26 heavy (non-hydrogen) atoms. The molecule has 2 rings (SSSR count). The minimum Gasteiger partial charge on any atom is -0.386 e. The van der Waals surface area contributed by atoms with Gasteiger partial charge in [-0.1, -0.05) is 29.8 Å². The Morgan fingerprint density at radius 1 is 1.15 bits per heavy atom. The lowest BCUT2D eigenvalue weighted by atomic mass is 10.1. The molecule has 0 unspecified atom stereocenters. The standard InChI is InChI=1S/C18H17N3O4S/c1-13-2-4-14(5-3-13)11-20-12-15(10-19)18(22)21-16-6-8-17(9-7-16)26(23,24)25/h2-9,12,20H,11H2,1H3,(H,21,22)(H,23,24,25)/b15-12-. The van der Waals surface area contributed by atoms with E-state index in [0.717, 1.165) is 23.3 Å². The number of nitrogens with zero attached hydrogens (tertiary/aromatic N) is 1. The number of nitriles is 1. The summed E-state index contributed by atoms with van der Waals surface area (Å²) >= 11 is 0. The van der Waals surface area contributed by atoms with Gasteiger partial charge in [0.25, 0.3) is 16.0 Å². The zero-order chi connectivity index (χ0) is 19.2. The second-order valence-corrected chi connectivity index (χ2v) is 6.91. The number of hydrogen-bond donors (Lipinski definition) is 3. The third kappa shape index (κ3) is 5.44. The van der Waals surface area contributed by atoms with Crippen molar-refractivity contribution in [2.24, 2.45) is 0 Å². The average molecular weight is 371 g/mol. The van der Waals surface area contributed by atoms with Gasteiger partial charge in [-0.25, -0.2) is 0 Å². The van der Waals surface area contributed by atoms with E-state index in [1.54, 1.807) is 6.07 Å². The highest BCUT2D eigenvalue weighted by Gasteiger charge is 2.11. The maximum absolute atomic E-state index is 12.1. The Hall–Kier alpha value is -3.15. The van der Waals surface area contributed by atoms with Crippen LogP contribution in [0.5, 0.6) is 0 Å². The van der Waals surface area contributed by atoms with Gasteiger partial charge in [-0.2, -0.15) is 13.7 Å². The first-order chi connectivity index (χ1) is 12.3. The Bertz CT molecular complexity index is 957. The van der Waals surface area contributed by atoms with Crippen LogP contribution in [0, 0.1) is 18.3 Å². The molecule has 0 bridgehead atoms. The van der Waals surface area contributed by atoms with Crippen molar-refractivity contribution in [1.82, 2.24) is 5.32 Å². The minimum absolute atomic E-state index is 0.129. The first-order valence-corrected chi connectivity index (χ1v) is 9.02. The molecule has 8 heteroatoms. The van der Waals surface area contributed by atoms with Crippen molar-refractivity contribution in [2.75, 3.05) is 5.32 Å². The maximum Gasteiger partial charge on any atom is 0.294 e. The van der Waals surface area contributed by atoms with Crippen LogP contribution in [0.15, 0.2) is 65.2 Å². The van der Waals surface area contributed by atoms with Gasteiger partial charge in [-0.05, 0) is 36.8 Å². The van der Waals surface area contributed by atoms with E-state index in [-0.39, 0.29) is 10.5 Å². The fourth-order valence-corrected chi connectivity index (χ4v) is 2.51. The van der Waals surface area contributed by atoms with Gasteiger partial charge in [-0.3, -0.25) is 9.35 Å². The van der Waals surface area contributed by atoms with Crippen molar-refractivity contribution in [1.29, 1.82) is 5.26 Å². The fraction of sp³-hybridized carbons (Fsp3) is 0.111. The molecule has 0 radical (unpaired) electrons. The molecule has 0 fully saturated rings. The number of carbonyl (C=O) groups is 1. The highest BCUT2D eigenvalue weighted by atomic mass is 32.2. The highest BCUT2D eigenvalue weighted by Crippen LogP contribution is 2.14. The first kappa shape index (κ1) is 19.2. The van der Waals surface area contributed by atoms with Crippen molar-refractivity contribution in [3.8, 4) is 6.07 Å². The molecule has 2 aromatic carbocycles. The summed E-state index contributed by atoms with van der Waals surface area (Å²) in [5, 5.41) is 14.5. The van der Waals surface area contributed by atoms with Gasteiger partial charge in [0.2, 0.25) is 0 Å². The molecule has 0 saturated heterocycles. The highest BCUT2D eigenvalue weighted by molar-refractivity contribution is 7.85. The summed E-state index contributed by atoms with van der Waals surface area (Å²) in [7, 11) is -4.30. The molecule has 1 amide bonds. The maximum atomic E-state index is 12.1. The number of carbonyl (C=O) groups excluding carboxylic acids is 1. The molecule has 0 aliphatic heterocycles. The molecule has 0 aliphatic carbocycles. The van der Waals surface area contributed by atoms with Crippen LogP contribution in [-0.2, 0) is 21.5 Å². The second-order valence-electron chi connectivity index (χ2n) is 5.49. The topological polar surface area (TPSA) is 119 Å². The summed E-state index contributed by atoms with van der Waals surface area (Å²) in [5.74, 6) is -0.636. The molecule has 134 valence electrons. The first-order valence-electron chi connectivity index (χ1n) is 7.57. The van der Waals surface area contributed by atoms with E-state index in [1.165, 1.54) is 18.3 Å². The predicted molar refractivity (Wildman–Crippen MR) is 96.6 cm³/mol. The van der Waals surface area contributed by atoms with Gasteiger partial charge in [0, 0.05) is 18.4 Å². The van der Waals surface area contributed by atoms with E-state index in [0.29, 0.717) is 12.2 Å². The SMILES string of the molecule is Cc1ccc(CN/C=C(/C#N)C(=O)Nc2ccc(S(=O)(=O)O)cc2)cc1. The third-order valence-electron chi connectivity index (χ3n) is 3.45. The lowest BCUT2D eigenvalue weighted by Gasteiger charge is -2.06. The van der Waals surface area contributed by atoms with Crippen LogP contribution in [-0.4, -0.2) is 18.9 Å².